The highest BCUT2D eigenvalue weighted by molar-refractivity contribution is 6.18. The van der Waals surface area contributed by atoms with Gasteiger partial charge in [-0.15, -0.1) is 11.6 Å². The SMILES string of the molecule is COC(=O)c1cc(C#N)cc(OC(F)F)c1CCl. The minimum absolute atomic E-state index is 0.0000772. The molecule has 0 saturated carbocycles. The molecule has 96 valence electrons. The molecule has 0 aliphatic carbocycles. The number of nitriles is 1. The lowest BCUT2D eigenvalue weighted by Gasteiger charge is -2.12. The first kappa shape index (κ1) is 14.2. The van der Waals surface area contributed by atoms with Crippen LogP contribution in [-0.4, -0.2) is 19.7 Å². The van der Waals surface area contributed by atoms with Crippen molar-refractivity contribution in [2.24, 2.45) is 0 Å². The van der Waals surface area contributed by atoms with Crippen LogP contribution < -0.4 is 4.74 Å². The van der Waals surface area contributed by atoms with Crippen molar-refractivity contribution in [1.82, 2.24) is 0 Å². The summed E-state index contributed by atoms with van der Waals surface area (Å²) in [7, 11) is 1.13. The van der Waals surface area contributed by atoms with Gasteiger partial charge in [-0.05, 0) is 12.1 Å². The third kappa shape index (κ3) is 3.08. The Morgan fingerprint density at radius 2 is 2.22 bits per heavy atom. The zero-order valence-electron chi connectivity index (χ0n) is 9.25. The van der Waals surface area contributed by atoms with Crippen LogP contribution in [0.2, 0.25) is 0 Å². The Balaban J connectivity index is 3.40. The number of carbonyl (C=O) groups excluding carboxylic acids is 1. The lowest BCUT2D eigenvalue weighted by atomic mass is 10.0. The summed E-state index contributed by atoms with van der Waals surface area (Å²) in [6.07, 6.45) is 0. The molecule has 0 aliphatic rings. The van der Waals surface area contributed by atoms with E-state index in [0.29, 0.717) is 0 Å². The normalized spacial score (nSPS) is 10.0. The van der Waals surface area contributed by atoms with Gasteiger partial charge in [-0.1, -0.05) is 0 Å². The molecule has 0 amide bonds. The lowest BCUT2D eigenvalue weighted by molar-refractivity contribution is -0.0504. The zero-order valence-corrected chi connectivity index (χ0v) is 10.0. The molecular weight excluding hydrogens is 268 g/mol. The number of benzene rings is 1. The van der Waals surface area contributed by atoms with E-state index in [4.69, 9.17) is 16.9 Å². The molecule has 1 aromatic carbocycles. The van der Waals surface area contributed by atoms with Crippen LogP contribution in [0.1, 0.15) is 21.5 Å². The minimum atomic E-state index is -3.08. The fraction of sp³-hybridized carbons (Fsp3) is 0.273. The van der Waals surface area contributed by atoms with Crippen molar-refractivity contribution < 1.29 is 23.0 Å². The fourth-order valence-corrected chi connectivity index (χ4v) is 1.62. The van der Waals surface area contributed by atoms with E-state index in [9.17, 15) is 13.6 Å². The van der Waals surface area contributed by atoms with Crippen LogP contribution in [0.3, 0.4) is 0 Å². The van der Waals surface area contributed by atoms with E-state index in [-0.39, 0.29) is 28.3 Å². The average Bonchev–Trinajstić information content (AvgIpc) is 2.36. The first-order valence-corrected chi connectivity index (χ1v) is 5.23. The molecule has 1 rings (SSSR count). The van der Waals surface area contributed by atoms with Crippen LogP contribution >= 0.6 is 11.6 Å². The van der Waals surface area contributed by atoms with Crippen LogP contribution in [0.25, 0.3) is 0 Å². The Hall–Kier alpha value is -1.87. The van der Waals surface area contributed by atoms with E-state index in [2.05, 4.69) is 9.47 Å². The van der Waals surface area contributed by atoms with Crippen molar-refractivity contribution in [3.63, 3.8) is 0 Å². The Morgan fingerprint density at radius 1 is 1.56 bits per heavy atom. The van der Waals surface area contributed by atoms with E-state index in [1.807, 2.05) is 0 Å². The van der Waals surface area contributed by atoms with Gasteiger partial charge < -0.3 is 9.47 Å². The standard InChI is InChI=1S/C11H8ClF2NO3/c1-17-10(16)7-2-6(5-15)3-9(8(7)4-12)18-11(13)14/h2-3,11H,4H2,1H3. The Labute approximate surface area is 107 Å². The van der Waals surface area contributed by atoms with Gasteiger partial charge in [0.2, 0.25) is 0 Å². The summed E-state index contributed by atoms with van der Waals surface area (Å²) >= 11 is 5.60. The molecule has 0 bridgehead atoms. The number of halogens is 3. The molecular formula is C11H8ClF2NO3. The lowest BCUT2D eigenvalue weighted by Crippen LogP contribution is -2.10. The van der Waals surface area contributed by atoms with Gasteiger partial charge in [0.05, 0.1) is 30.2 Å². The quantitative estimate of drug-likeness (QED) is 0.626. The summed E-state index contributed by atoms with van der Waals surface area (Å²) in [5, 5.41) is 8.76. The van der Waals surface area contributed by atoms with Crippen molar-refractivity contribution in [1.29, 1.82) is 5.26 Å². The monoisotopic (exact) mass is 275 g/mol. The van der Waals surface area contributed by atoms with Crippen molar-refractivity contribution >= 4 is 17.6 Å². The number of methoxy groups -OCH3 is 1. The molecule has 0 unspecified atom stereocenters. The summed E-state index contributed by atoms with van der Waals surface area (Å²) in [6, 6.07) is 4.04. The second-order valence-corrected chi connectivity index (χ2v) is 3.38. The maximum absolute atomic E-state index is 12.2. The molecule has 7 heteroatoms. The van der Waals surface area contributed by atoms with E-state index in [0.717, 1.165) is 13.2 Å². The second kappa shape index (κ2) is 6.17. The summed E-state index contributed by atoms with van der Waals surface area (Å²) < 4.78 is 33.2. The Morgan fingerprint density at radius 3 is 2.67 bits per heavy atom. The Kier molecular flexibility index (Phi) is 4.86. The molecule has 0 saturated heterocycles. The number of alkyl halides is 3. The summed E-state index contributed by atoms with van der Waals surface area (Å²) in [6.45, 7) is -3.08. The van der Waals surface area contributed by atoms with Gasteiger partial charge in [0, 0.05) is 5.56 Å². The molecule has 0 aromatic heterocycles. The molecule has 0 aliphatic heterocycles. The fourth-order valence-electron chi connectivity index (χ4n) is 1.34. The predicted molar refractivity (Wildman–Crippen MR) is 58.7 cm³/mol. The van der Waals surface area contributed by atoms with Gasteiger partial charge in [0.1, 0.15) is 5.75 Å². The Bertz CT molecular complexity index is 500. The van der Waals surface area contributed by atoms with E-state index in [1.54, 1.807) is 6.07 Å². The molecule has 4 nitrogen and oxygen atoms in total. The first-order valence-electron chi connectivity index (χ1n) is 4.69. The van der Waals surface area contributed by atoms with Gasteiger partial charge >= 0.3 is 12.6 Å². The largest absolute Gasteiger partial charge is 0.465 e. The molecule has 0 fully saturated rings. The van der Waals surface area contributed by atoms with Crippen LogP contribution in [0.5, 0.6) is 5.75 Å². The van der Waals surface area contributed by atoms with Crippen molar-refractivity contribution in [2.75, 3.05) is 7.11 Å². The number of hydrogen-bond acceptors (Lipinski definition) is 4. The van der Waals surface area contributed by atoms with Crippen LogP contribution in [0.4, 0.5) is 8.78 Å². The number of rotatable bonds is 4. The number of hydrogen-bond donors (Lipinski definition) is 0. The summed E-state index contributed by atoms with van der Waals surface area (Å²) in [4.78, 5) is 11.5. The molecule has 0 heterocycles. The molecule has 0 atom stereocenters. The third-order valence-electron chi connectivity index (χ3n) is 2.09. The highest BCUT2D eigenvalue weighted by Crippen LogP contribution is 2.28. The van der Waals surface area contributed by atoms with Crippen molar-refractivity contribution in [3.8, 4) is 11.8 Å². The van der Waals surface area contributed by atoms with Crippen LogP contribution in [0.15, 0.2) is 12.1 Å². The third-order valence-corrected chi connectivity index (χ3v) is 2.36. The van der Waals surface area contributed by atoms with Crippen molar-refractivity contribution in [2.45, 2.75) is 12.5 Å². The topological polar surface area (TPSA) is 59.3 Å². The summed E-state index contributed by atoms with van der Waals surface area (Å²) in [5.41, 5.74) is -0.00932. The number of carbonyl (C=O) groups is 1. The molecule has 0 N–H and O–H groups in total. The van der Waals surface area contributed by atoms with Gasteiger partial charge in [-0.3, -0.25) is 0 Å². The van der Waals surface area contributed by atoms with Crippen molar-refractivity contribution in [3.05, 3.63) is 28.8 Å². The molecule has 0 spiro atoms. The smallest absolute Gasteiger partial charge is 0.387 e. The zero-order chi connectivity index (χ0) is 13.7. The van der Waals surface area contributed by atoms with Crippen LogP contribution in [0, 0.1) is 11.3 Å². The maximum Gasteiger partial charge on any atom is 0.387 e. The predicted octanol–water partition coefficient (Wildman–Crippen LogP) is 2.69. The van der Waals surface area contributed by atoms with E-state index >= 15 is 0 Å². The molecule has 18 heavy (non-hydrogen) atoms. The maximum atomic E-state index is 12.2. The number of ether oxygens (including phenoxy) is 2. The average molecular weight is 276 g/mol. The highest BCUT2D eigenvalue weighted by atomic mass is 35.5. The van der Waals surface area contributed by atoms with Gasteiger partial charge in [-0.25, -0.2) is 4.79 Å². The molecule has 1 aromatic rings. The highest BCUT2D eigenvalue weighted by Gasteiger charge is 2.19. The van der Waals surface area contributed by atoms with Gasteiger partial charge in [-0.2, -0.15) is 14.0 Å². The van der Waals surface area contributed by atoms with Crippen LogP contribution in [-0.2, 0) is 10.6 Å². The minimum Gasteiger partial charge on any atom is -0.465 e. The number of nitrogens with zero attached hydrogens (tertiary/aromatic N) is 1. The first-order chi connectivity index (χ1) is 8.53. The summed E-state index contributed by atoms with van der Waals surface area (Å²) in [5.74, 6) is -1.31. The van der Waals surface area contributed by atoms with Gasteiger partial charge in [0.15, 0.2) is 0 Å². The van der Waals surface area contributed by atoms with E-state index in [1.165, 1.54) is 6.07 Å². The number of esters is 1. The molecule has 0 radical (unpaired) electrons. The second-order valence-electron chi connectivity index (χ2n) is 3.12. The van der Waals surface area contributed by atoms with Gasteiger partial charge in [0.25, 0.3) is 0 Å². The van der Waals surface area contributed by atoms with E-state index < -0.39 is 12.6 Å².